The first-order valence-corrected chi connectivity index (χ1v) is 6.46. The average molecular weight is 261 g/mol. The summed E-state index contributed by atoms with van der Waals surface area (Å²) in [5.41, 5.74) is 0.815. The molecule has 0 radical (unpaired) electrons. The lowest BCUT2D eigenvalue weighted by Gasteiger charge is -2.08. The van der Waals surface area contributed by atoms with E-state index in [1.165, 1.54) is 4.40 Å². The third kappa shape index (κ3) is 1.52. The molecule has 0 bridgehead atoms. The van der Waals surface area contributed by atoms with Crippen LogP contribution in [0.15, 0.2) is 10.9 Å². The standard InChI is InChI=1S/C13H19N5O/c1-7-14-8(6-9-16-17-11(19)18(7)9)15-10-12(2,3)13(10,4)5/h6,10,15H,1-5H3,(H,17,19). The van der Waals surface area contributed by atoms with Crippen LogP contribution in [0.3, 0.4) is 0 Å². The van der Waals surface area contributed by atoms with Gasteiger partial charge in [0.2, 0.25) is 0 Å². The van der Waals surface area contributed by atoms with Crippen LogP contribution in [0.5, 0.6) is 0 Å². The van der Waals surface area contributed by atoms with E-state index in [1.54, 1.807) is 13.0 Å². The Balaban J connectivity index is 1.98. The summed E-state index contributed by atoms with van der Waals surface area (Å²) in [5.74, 6) is 1.41. The Morgan fingerprint density at radius 3 is 2.53 bits per heavy atom. The third-order valence-electron chi connectivity index (χ3n) is 4.88. The maximum absolute atomic E-state index is 11.5. The first kappa shape index (κ1) is 12.2. The van der Waals surface area contributed by atoms with Crippen LogP contribution >= 0.6 is 0 Å². The zero-order chi connectivity index (χ0) is 14.0. The molecule has 0 spiro atoms. The zero-order valence-corrected chi connectivity index (χ0v) is 11.9. The van der Waals surface area contributed by atoms with Crippen molar-refractivity contribution in [1.82, 2.24) is 19.6 Å². The highest BCUT2D eigenvalue weighted by Crippen LogP contribution is 2.63. The Morgan fingerprint density at radius 2 is 1.95 bits per heavy atom. The first-order valence-electron chi connectivity index (χ1n) is 6.46. The molecule has 19 heavy (non-hydrogen) atoms. The molecular weight excluding hydrogens is 242 g/mol. The van der Waals surface area contributed by atoms with Gasteiger partial charge >= 0.3 is 5.69 Å². The van der Waals surface area contributed by atoms with Crippen molar-refractivity contribution >= 4 is 11.5 Å². The highest BCUT2D eigenvalue weighted by atomic mass is 16.1. The van der Waals surface area contributed by atoms with Crippen molar-refractivity contribution in [2.75, 3.05) is 5.32 Å². The second kappa shape index (κ2) is 3.37. The van der Waals surface area contributed by atoms with Crippen molar-refractivity contribution in [3.63, 3.8) is 0 Å². The van der Waals surface area contributed by atoms with E-state index in [-0.39, 0.29) is 16.5 Å². The van der Waals surface area contributed by atoms with Crippen LogP contribution in [0, 0.1) is 17.8 Å². The van der Waals surface area contributed by atoms with Crippen LogP contribution in [0.25, 0.3) is 5.65 Å². The quantitative estimate of drug-likeness (QED) is 0.860. The fourth-order valence-electron chi connectivity index (χ4n) is 2.88. The fourth-order valence-corrected chi connectivity index (χ4v) is 2.88. The molecular formula is C13H19N5O. The molecule has 1 aliphatic carbocycles. The van der Waals surface area contributed by atoms with Gasteiger partial charge in [-0.2, -0.15) is 5.10 Å². The lowest BCUT2D eigenvalue weighted by Crippen LogP contribution is -2.16. The van der Waals surface area contributed by atoms with Crippen molar-refractivity contribution in [3.8, 4) is 0 Å². The van der Waals surface area contributed by atoms with E-state index in [2.05, 4.69) is 48.2 Å². The molecule has 1 saturated carbocycles. The lowest BCUT2D eigenvalue weighted by atomic mass is 10.0. The first-order chi connectivity index (χ1) is 8.75. The highest BCUT2D eigenvalue weighted by molar-refractivity contribution is 5.52. The molecule has 102 valence electrons. The maximum atomic E-state index is 11.5. The van der Waals surface area contributed by atoms with E-state index in [0.717, 1.165) is 5.82 Å². The summed E-state index contributed by atoms with van der Waals surface area (Å²) in [6, 6.07) is 2.18. The fraction of sp³-hybridized carbons (Fsp3) is 0.615. The van der Waals surface area contributed by atoms with Gasteiger partial charge < -0.3 is 5.32 Å². The van der Waals surface area contributed by atoms with Gasteiger partial charge in [-0.05, 0) is 17.8 Å². The zero-order valence-electron chi connectivity index (χ0n) is 11.9. The Morgan fingerprint density at radius 1 is 1.32 bits per heavy atom. The molecule has 3 rings (SSSR count). The van der Waals surface area contributed by atoms with E-state index in [1.807, 2.05) is 0 Å². The van der Waals surface area contributed by atoms with Crippen LogP contribution < -0.4 is 11.0 Å². The number of rotatable bonds is 2. The van der Waals surface area contributed by atoms with Crippen molar-refractivity contribution in [2.45, 2.75) is 40.7 Å². The summed E-state index contributed by atoms with van der Waals surface area (Å²) >= 11 is 0. The van der Waals surface area contributed by atoms with Gasteiger partial charge in [0.25, 0.3) is 0 Å². The molecule has 2 aromatic rings. The van der Waals surface area contributed by atoms with Crippen LogP contribution in [-0.2, 0) is 0 Å². The number of aryl methyl sites for hydroxylation is 1. The number of hydrogen-bond acceptors (Lipinski definition) is 4. The molecule has 2 N–H and O–H groups in total. The highest BCUT2D eigenvalue weighted by Gasteiger charge is 2.65. The predicted molar refractivity (Wildman–Crippen MR) is 73.3 cm³/mol. The molecule has 0 aromatic carbocycles. The molecule has 1 aliphatic rings. The van der Waals surface area contributed by atoms with E-state index in [0.29, 0.717) is 17.5 Å². The van der Waals surface area contributed by atoms with E-state index in [4.69, 9.17) is 0 Å². The van der Waals surface area contributed by atoms with E-state index >= 15 is 0 Å². The molecule has 0 saturated heterocycles. The Kier molecular flexibility index (Phi) is 2.17. The Bertz CT molecular complexity index is 695. The van der Waals surface area contributed by atoms with Crippen molar-refractivity contribution in [3.05, 3.63) is 22.4 Å². The molecule has 1 fully saturated rings. The van der Waals surface area contributed by atoms with Crippen molar-refractivity contribution in [2.24, 2.45) is 10.8 Å². The van der Waals surface area contributed by atoms with Gasteiger partial charge in [0.1, 0.15) is 11.6 Å². The Labute approximate surface area is 111 Å². The molecule has 0 atom stereocenters. The predicted octanol–water partition coefficient (Wildman–Crippen LogP) is 1.57. The summed E-state index contributed by atoms with van der Waals surface area (Å²) in [6.07, 6.45) is 0. The second-order valence-electron chi connectivity index (χ2n) is 6.43. The van der Waals surface area contributed by atoms with Gasteiger partial charge in [-0.25, -0.2) is 19.3 Å². The molecule has 0 unspecified atom stereocenters. The molecule has 0 aliphatic heterocycles. The molecule has 2 heterocycles. The number of anilines is 1. The van der Waals surface area contributed by atoms with Gasteiger partial charge in [-0.15, -0.1) is 0 Å². The van der Waals surface area contributed by atoms with Crippen molar-refractivity contribution in [1.29, 1.82) is 0 Å². The molecule has 2 aromatic heterocycles. The number of aromatic nitrogens is 4. The van der Waals surface area contributed by atoms with E-state index < -0.39 is 0 Å². The number of aromatic amines is 1. The minimum atomic E-state index is -0.251. The van der Waals surface area contributed by atoms with Gasteiger partial charge in [0.15, 0.2) is 5.65 Å². The summed E-state index contributed by atoms with van der Waals surface area (Å²) < 4.78 is 1.47. The number of hydrogen-bond donors (Lipinski definition) is 2. The minimum absolute atomic E-state index is 0.236. The van der Waals surface area contributed by atoms with E-state index in [9.17, 15) is 4.79 Å². The topological polar surface area (TPSA) is 75.1 Å². The lowest BCUT2D eigenvalue weighted by molar-refractivity contribution is 0.457. The number of fused-ring (bicyclic) bond motifs is 1. The molecule has 0 amide bonds. The van der Waals surface area contributed by atoms with Gasteiger partial charge in [-0.3, -0.25) is 0 Å². The SMILES string of the molecule is Cc1nc(NC2C(C)(C)C2(C)C)cc2n[nH]c(=O)n12. The summed E-state index contributed by atoms with van der Waals surface area (Å²) in [4.78, 5) is 16.0. The number of nitrogens with one attached hydrogen (secondary N) is 2. The van der Waals surface area contributed by atoms with Gasteiger partial charge in [0.05, 0.1) is 0 Å². The average Bonchev–Trinajstić information content (AvgIpc) is 2.63. The van der Waals surface area contributed by atoms with Crippen LogP contribution in [0.1, 0.15) is 33.5 Å². The maximum Gasteiger partial charge on any atom is 0.349 e. The monoisotopic (exact) mass is 261 g/mol. The smallest absolute Gasteiger partial charge is 0.349 e. The van der Waals surface area contributed by atoms with Crippen LogP contribution in [0.2, 0.25) is 0 Å². The molecule has 6 heteroatoms. The Hall–Kier alpha value is -1.85. The normalized spacial score (nSPS) is 20.7. The number of nitrogens with zero attached hydrogens (tertiary/aromatic N) is 3. The number of H-pyrrole nitrogens is 1. The van der Waals surface area contributed by atoms with Crippen LogP contribution in [-0.4, -0.2) is 25.6 Å². The summed E-state index contributed by atoms with van der Waals surface area (Å²) in [7, 11) is 0. The van der Waals surface area contributed by atoms with Gasteiger partial charge in [0, 0.05) is 12.1 Å². The summed E-state index contributed by atoms with van der Waals surface area (Å²) in [5, 5.41) is 9.88. The minimum Gasteiger partial charge on any atom is -0.366 e. The third-order valence-corrected chi connectivity index (χ3v) is 4.88. The summed E-state index contributed by atoms with van der Waals surface area (Å²) in [6.45, 7) is 10.8. The van der Waals surface area contributed by atoms with Gasteiger partial charge in [-0.1, -0.05) is 27.7 Å². The van der Waals surface area contributed by atoms with Crippen LogP contribution in [0.4, 0.5) is 5.82 Å². The molecule has 6 nitrogen and oxygen atoms in total. The largest absolute Gasteiger partial charge is 0.366 e. The van der Waals surface area contributed by atoms with Crippen molar-refractivity contribution < 1.29 is 0 Å². The second-order valence-corrected chi connectivity index (χ2v) is 6.43.